The number of aryl methyl sites for hydroxylation is 1. The van der Waals surface area contributed by atoms with Crippen LogP contribution in [0.4, 0.5) is 10.5 Å². The van der Waals surface area contributed by atoms with Crippen LogP contribution in [-0.2, 0) is 16.6 Å². The zero-order valence-corrected chi connectivity index (χ0v) is 15.4. The van der Waals surface area contributed by atoms with Crippen LogP contribution in [0.2, 0.25) is 0 Å². The summed E-state index contributed by atoms with van der Waals surface area (Å²) in [6, 6.07) is 7.49. The third-order valence-corrected chi connectivity index (χ3v) is 4.43. The van der Waals surface area contributed by atoms with Crippen molar-refractivity contribution in [1.29, 1.82) is 0 Å². The van der Waals surface area contributed by atoms with Gasteiger partial charge in [-0.15, -0.1) is 0 Å². The normalized spacial score (nSPS) is 15.9. The monoisotopic (exact) mass is 369 g/mol. The van der Waals surface area contributed by atoms with Crippen molar-refractivity contribution < 1.29 is 23.9 Å². The van der Waals surface area contributed by atoms with Crippen LogP contribution in [0.3, 0.4) is 0 Å². The van der Waals surface area contributed by atoms with Gasteiger partial charge in [0.05, 0.1) is 19.9 Å². The number of hydrogen-bond donors (Lipinski definition) is 1. The molecule has 1 aromatic heterocycles. The number of nitrogens with zero attached hydrogens (tertiary/aromatic N) is 2. The molecule has 4 amide bonds. The Morgan fingerprint density at radius 2 is 1.78 bits per heavy atom. The van der Waals surface area contributed by atoms with Gasteiger partial charge >= 0.3 is 6.03 Å². The van der Waals surface area contributed by atoms with Gasteiger partial charge in [0.1, 0.15) is 17.1 Å². The zero-order valence-electron chi connectivity index (χ0n) is 15.4. The largest absolute Gasteiger partial charge is 0.497 e. The van der Waals surface area contributed by atoms with Gasteiger partial charge in [0, 0.05) is 24.5 Å². The van der Waals surface area contributed by atoms with Crippen LogP contribution in [0.25, 0.3) is 6.08 Å². The molecule has 3 rings (SSSR count). The summed E-state index contributed by atoms with van der Waals surface area (Å²) in [5, 5.41) is 2.20. The van der Waals surface area contributed by atoms with E-state index in [1.165, 1.54) is 26.4 Å². The molecule has 8 heteroatoms. The molecule has 0 spiro atoms. The first-order chi connectivity index (χ1) is 12.9. The summed E-state index contributed by atoms with van der Waals surface area (Å²) < 4.78 is 12.2. The van der Waals surface area contributed by atoms with Gasteiger partial charge in [-0.25, -0.2) is 9.69 Å². The van der Waals surface area contributed by atoms with Crippen molar-refractivity contribution in [2.45, 2.75) is 6.92 Å². The summed E-state index contributed by atoms with van der Waals surface area (Å²) in [4.78, 5) is 38.5. The Morgan fingerprint density at radius 3 is 2.37 bits per heavy atom. The Labute approximate surface area is 156 Å². The average Bonchev–Trinajstić information content (AvgIpc) is 2.97. The van der Waals surface area contributed by atoms with Crippen molar-refractivity contribution in [3.8, 4) is 11.5 Å². The van der Waals surface area contributed by atoms with Crippen molar-refractivity contribution in [1.82, 2.24) is 9.88 Å². The number of imide groups is 2. The second-order valence-electron chi connectivity index (χ2n) is 5.95. The quantitative estimate of drug-likeness (QED) is 0.658. The lowest BCUT2D eigenvalue weighted by Gasteiger charge is -2.27. The lowest BCUT2D eigenvalue weighted by atomic mass is 10.1. The van der Waals surface area contributed by atoms with E-state index in [-0.39, 0.29) is 17.0 Å². The molecule has 1 aromatic carbocycles. The molecule has 0 bridgehead atoms. The fourth-order valence-corrected chi connectivity index (χ4v) is 2.77. The highest BCUT2D eigenvalue weighted by atomic mass is 16.5. The number of amides is 4. The Balaban J connectivity index is 2.07. The predicted octanol–water partition coefficient (Wildman–Crippen LogP) is 2.02. The van der Waals surface area contributed by atoms with Gasteiger partial charge in [-0.1, -0.05) is 0 Å². The number of anilines is 1. The highest BCUT2D eigenvalue weighted by molar-refractivity contribution is 6.39. The highest BCUT2D eigenvalue weighted by Gasteiger charge is 2.38. The molecule has 8 nitrogen and oxygen atoms in total. The van der Waals surface area contributed by atoms with Gasteiger partial charge in [-0.05, 0) is 37.3 Å². The van der Waals surface area contributed by atoms with Crippen LogP contribution in [0.1, 0.15) is 11.4 Å². The smallest absolute Gasteiger partial charge is 0.336 e. The third-order valence-electron chi connectivity index (χ3n) is 4.43. The molecular weight excluding hydrogens is 350 g/mol. The Morgan fingerprint density at radius 1 is 1.04 bits per heavy atom. The van der Waals surface area contributed by atoms with Crippen LogP contribution in [-0.4, -0.2) is 36.6 Å². The number of urea groups is 1. The molecule has 27 heavy (non-hydrogen) atoms. The zero-order chi connectivity index (χ0) is 19.7. The molecule has 1 saturated heterocycles. The first-order valence-corrected chi connectivity index (χ1v) is 8.13. The molecule has 1 aliphatic rings. The van der Waals surface area contributed by atoms with Crippen molar-refractivity contribution in [3.63, 3.8) is 0 Å². The number of nitrogens with one attached hydrogen (secondary N) is 1. The number of carbonyl (C=O) groups excluding carboxylic acids is 3. The van der Waals surface area contributed by atoms with E-state index in [1.54, 1.807) is 18.2 Å². The maximum Gasteiger partial charge on any atom is 0.336 e. The molecule has 140 valence electrons. The van der Waals surface area contributed by atoms with Crippen LogP contribution in [0.15, 0.2) is 35.9 Å². The van der Waals surface area contributed by atoms with Crippen molar-refractivity contribution >= 4 is 29.6 Å². The Bertz CT molecular complexity index is 974. The predicted molar refractivity (Wildman–Crippen MR) is 98.7 cm³/mol. The Hall–Kier alpha value is -3.55. The first-order valence-electron chi connectivity index (χ1n) is 8.13. The SMILES string of the molecule is COc1ccc(N2C(=O)NC(=O)/C(=C\c3ccc(C)n3C)C2=O)c(OC)c1. The molecule has 0 radical (unpaired) electrons. The number of hydrogen-bond acceptors (Lipinski definition) is 5. The number of rotatable bonds is 4. The fourth-order valence-electron chi connectivity index (χ4n) is 2.77. The highest BCUT2D eigenvalue weighted by Crippen LogP contribution is 2.34. The first kappa shape index (κ1) is 18.2. The maximum atomic E-state index is 13.0. The van der Waals surface area contributed by atoms with E-state index >= 15 is 0 Å². The van der Waals surface area contributed by atoms with Gasteiger partial charge in [0.15, 0.2) is 0 Å². The number of benzene rings is 1. The van der Waals surface area contributed by atoms with Crippen LogP contribution >= 0.6 is 0 Å². The van der Waals surface area contributed by atoms with E-state index in [0.717, 1.165) is 10.6 Å². The summed E-state index contributed by atoms with van der Waals surface area (Å²) in [7, 11) is 4.73. The molecular formula is C19H19N3O5. The molecule has 0 saturated carbocycles. The summed E-state index contributed by atoms with van der Waals surface area (Å²) in [5.74, 6) is -0.702. The van der Waals surface area contributed by atoms with Gasteiger partial charge in [0.2, 0.25) is 0 Å². The van der Waals surface area contributed by atoms with Crippen molar-refractivity contribution in [2.75, 3.05) is 19.1 Å². The summed E-state index contributed by atoms with van der Waals surface area (Å²) in [5.41, 5.74) is 1.70. The number of barbiturate groups is 1. The summed E-state index contributed by atoms with van der Waals surface area (Å²) in [6.45, 7) is 1.91. The van der Waals surface area contributed by atoms with Crippen molar-refractivity contribution in [3.05, 3.63) is 47.3 Å². The topological polar surface area (TPSA) is 89.9 Å². The third kappa shape index (κ3) is 3.17. The lowest BCUT2D eigenvalue weighted by Crippen LogP contribution is -2.54. The second kappa shape index (κ2) is 6.99. The minimum absolute atomic E-state index is 0.145. The molecule has 2 aromatic rings. The molecule has 1 aliphatic heterocycles. The molecule has 2 heterocycles. The Kier molecular flexibility index (Phi) is 4.72. The molecule has 1 fully saturated rings. The summed E-state index contributed by atoms with van der Waals surface area (Å²) >= 11 is 0. The van der Waals surface area contributed by atoms with E-state index in [4.69, 9.17) is 9.47 Å². The van der Waals surface area contributed by atoms with Crippen LogP contribution in [0.5, 0.6) is 11.5 Å². The van der Waals surface area contributed by atoms with Gasteiger partial charge in [0.25, 0.3) is 11.8 Å². The molecule has 0 atom stereocenters. The van der Waals surface area contributed by atoms with E-state index in [2.05, 4.69) is 5.32 Å². The van der Waals surface area contributed by atoms with E-state index < -0.39 is 17.8 Å². The number of ether oxygens (including phenoxy) is 2. The average molecular weight is 369 g/mol. The second-order valence-corrected chi connectivity index (χ2v) is 5.95. The molecule has 0 unspecified atom stereocenters. The number of aromatic nitrogens is 1. The van der Waals surface area contributed by atoms with Gasteiger partial charge in [-0.2, -0.15) is 0 Å². The standard InChI is InChI=1S/C19H19N3O5/c1-11-5-6-12(21(11)2)9-14-17(23)20-19(25)22(18(14)24)15-8-7-13(26-3)10-16(15)27-4/h5-10H,1-4H3,(H,20,23,25)/b14-9+. The fraction of sp³-hybridized carbons (Fsp3) is 0.211. The minimum atomic E-state index is -0.839. The van der Waals surface area contributed by atoms with Gasteiger partial charge < -0.3 is 14.0 Å². The number of carbonyl (C=O) groups is 3. The lowest BCUT2D eigenvalue weighted by molar-refractivity contribution is -0.122. The van der Waals surface area contributed by atoms with Crippen LogP contribution in [0, 0.1) is 6.92 Å². The van der Waals surface area contributed by atoms with Crippen LogP contribution < -0.4 is 19.7 Å². The van der Waals surface area contributed by atoms with E-state index in [1.807, 2.05) is 24.6 Å². The van der Waals surface area contributed by atoms with E-state index in [9.17, 15) is 14.4 Å². The molecule has 1 N–H and O–H groups in total. The minimum Gasteiger partial charge on any atom is -0.497 e. The number of methoxy groups -OCH3 is 2. The maximum absolute atomic E-state index is 13.0. The van der Waals surface area contributed by atoms with Crippen molar-refractivity contribution in [2.24, 2.45) is 7.05 Å². The summed E-state index contributed by atoms with van der Waals surface area (Å²) in [6.07, 6.45) is 1.46. The van der Waals surface area contributed by atoms with E-state index in [0.29, 0.717) is 11.4 Å². The molecule has 0 aliphatic carbocycles. The van der Waals surface area contributed by atoms with Gasteiger partial charge in [-0.3, -0.25) is 14.9 Å².